The maximum absolute atomic E-state index is 11.4. The van der Waals surface area contributed by atoms with Gasteiger partial charge in [0.15, 0.2) is 11.5 Å². The minimum atomic E-state index is -0.674. The van der Waals surface area contributed by atoms with Crippen LogP contribution in [-0.4, -0.2) is 24.8 Å². The smallest absolute Gasteiger partial charge is 0.348 e. The molecular formula is C13H13NO4. The Morgan fingerprint density at radius 3 is 2.83 bits per heavy atom. The van der Waals surface area contributed by atoms with E-state index in [-0.39, 0.29) is 23.7 Å². The fraction of sp³-hybridized carbons (Fsp3) is 0.231. The number of benzene rings is 1. The zero-order valence-corrected chi connectivity index (χ0v) is 10.1. The van der Waals surface area contributed by atoms with Crippen molar-refractivity contribution in [2.24, 2.45) is 0 Å². The van der Waals surface area contributed by atoms with Crippen LogP contribution in [0.25, 0.3) is 6.08 Å². The molecule has 0 fully saturated rings. The second-order valence-corrected chi connectivity index (χ2v) is 3.32. The third kappa shape index (κ3) is 3.25. The normalized spacial score (nSPS) is 10.6. The minimum Gasteiger partial charge on any atom is -0.504 e. The number of rotatable bonds is 4. The Hall–Kier alpha value is -2.48. The standard InChI is InChI=1S/C13H13NO4/c1-3-18-13(16)10(8-14)6-9-4-5-11(15)12(7-9)17-2/h4-7,15H,3H2,1-2H3/b10-6+. The molecule has 94 valence electrons. The van der Waals surface area contributed by atoms with Gasteiger partial charge in [0.2, 0.25) is 0 Å². The number of nitrogens with zero attached hydrogens (tertiary/aromatic N) is 1. The molecule has 1 N–H and O–H groups in total. The number of aromatic hydroxyl groups is 1. The summed E-state index contributed by atoms with van der Waals surface area (Å²) >= 11 is 0. The third-order valence-corrected chi connectivity index (χ3v) is 2.13. The maximum atomic E-state index is 11.4. The van der Waals surface area contributed by atoms with Crippen molar-refractivity contribution in [3.63, 3.8) is 0 Å². The number of ether oxygens (including phenoxy) is 2. The first kappa shape index (κ1) is 13.6. The van der Waals surface area contributed by atoms with Crippen molar-refractivity contribution in [2.45, 2.75) is 6.92 Å². The zero-order chi connectivity index (χ0) is 13.5. The van der Waals surface area contributed by atoms with E-state index in [1.54, 1.807) is 19.1 Å². The molecule has 0 aliphatic heterocycles. The quantitative estimate of drug-likeness (QED) is 0.499. The molecule has 0 saturated carbocycles. The van der Waals surface area contributed by atoms with Gasteiger partial charge in [0.25, 0.3) is 0 Å². The Kier molecular flexibility index (Phi) is 4.76. The molecule has 0 amide bonds. The summed E-state index contributed by atoms with van der Waals surface area (Å²) in [5.74, 6) is -0.416. The zero-order valence-electron chi connectivity index (χ0n) is 10.1. The number of phenols is 1. The summed E-state index contributed by atoms with van der Waals surface area (Å²) in [6.45, 7) is 1.87. The van der Waals surface area contributed by atoms with Crippen LogP contribution in [0.4, 0.5) is 0 Å². The van der Waals surface area contributed by atoms with Gasteiger partial charge >= 0.3 is 5.97 Å². The summed E-state index contributed by atoms with van der Waals surface area (Å²) in [6, 6.07) is 6.28. The lowest BCUT2D eigenvalue weighted by Crippen LogP contribution is -2.05. The summed E-state index contributed by atoms with van der Waals surface area (Å²) in [7, 11) is 1.42. The van der Waals surface area contributed by atoms with E-state index in [1.807, 2.05) is 0 Å². The molecular weight excluding hydrogens is 234 g/mol. The average Bonchev–Trinajstić information content (AvgIpc) is 2.37. The van der Waals surface area contributed by atoms with Gasteiger partial charge in [0, 0.05) is 0 Å². The number of carbonyl (C=O) groups is 1. The van der Waals surface area contributed by atoms with Gasteiger partial charge in [-0.05, 0) is 30.7 Å². The van der Waals surface area contributed by atoms with Gasteiger partial charge in [0.1, 0.15) is 11.6 Å². The van der Waals surface area contributed by atoms with E-state index >= 15 is 0 Å². The molecule has 5 nitrogen and oxygen atoms in total. The van der Waals surface area contributed by atoms with Gasteiger partial charge in [-0.25, -0.2) is 4.79 Å². The predicted molar refractivity (Wildman–Crippen MR) is 64.9 cm³/mol. The lowest BCUT2D eigenvalue weighted by atomic mass is 10.1. The van der Waals surface area contributed by atoms with E-state index < -0.39 is 5.97 Å². The highest BCUT2D eigenvalue weighted by molar-refractivity contribution is 5.97. The van der Waals surface area contributed by atoms with Gasteiger partial charge < -0.3 is 14.6 Å². The van der Waals surface area contributed by atoms with Crippen LogP contribution in [0.1, 0.15) is 12.5 Å². The molecule has 0 aliphatic rings. The number of esters is 1. The van der Waals surface area contributed by atoms with E-state index in [9.17, 15) is 9.90 Å². The molecule has 0 bridgehead atoms. The Balaban J connectivity index is 3.07. The second-order valence-electron chi connectivity index (χ2n) is 3.32. The van der Waals surface area contributed by atoms with E-state index in [0.29, 0.717) is 5.56 Å². The van der Waals surface area contributed by atoms with Crippen molar-refractivity contribution in [1.82, 2.24) is 0 Å². The first-order valence-electron chi connectivity index (χ1n) is 5.28. The number of hydrogen-bond acceptors (Lipinski definition) is 5. The van der Waals surface area contributed by atoms with Gasteiger partial charge in [-0.15, -0.1) is 0 Å². The second kappa shape index (κ2) is 6.30. The molecule has 18 heavy (non-hydrogen) atoms. The number of methoxy groups -OCH3 is 1. The van der Waals surface area contributed by atoms with E-state index in [4.69, 9.17) is 14.7 Å². The van der Waals surface area contributed by atoms with Crippen LogP contribution in [0.3, 0.4) is 0 Å². The van der Waals surface area contributed by atoms with E-state index in [2.05, 4.69) is 0 Å². The van der Waals surface area contributed by atoms with Crippen LogP contribution < -0.4 is 4.74 Å². The van der Waals surface area contributed by atoms with Crippen molar-refractivity contribution < 1.29 is 19.4 Å². The molecule has 0 saturated heterocycles. The molecule has 0 spiro atoms. The molecule has 0 heterocycles. The van der Waals surface area contributed by atoms with Crippen LogP contribution in [0.15, 0.2) is 23.8 Å². The van der Waals surface area contributed by atoms with Crippen molar-refractivity contribution in [2.75, 3.05) is 13.7 Å². The third-order valence-electron chi connectivity index (χ3n) is 2.13. The van der Waals surface area contributed by atoms with Gasteiger partial charge in [-0.2, -0.15) is 5.26 Å². The number of phenolic OH excluding ortho intramolecular Hbond substituents is 1. The highest BCUT2D eigenvalue weighted by Crippen LogP contribution is 2.27. The molecule has 1 aromatic rings. The SMILES string of the molecule is CCOC(=O)/C(C#N)=C/c1ccc(O)c(OC)c1. The van der Waals surface area contributed by atoms with Crippen molar-refractivity contribution in [3.8, 4) is 17.6 Å². The summed E-state index contributed by atoms with van der Waals surface area (Å²) < 4.78 is 9.67. The molecule has 0 atom stereocenters. The Labute approximate surface area is 105 Å². The summed E-state index contributed by atoms with van der Waals surface area (Å²) in [5, 5.41) is 18.3. The van der Waals surface area contributed by atoms with Crippen molar-refractivity contribution in [3.05, 3.63) is 29.3 Å². The fourth-order valence-electron chi connectivity index (χ4n) is 1.30. The van der Waals surface area contributed by atoms with Gasteiger partial charge in [0.05, 0.1) is 13.7 Å². The Morgan fingerprint density at radius 1 is 1.56 bits per heavy atom. The van der Waals surface area contributed by atoms with Crippen LogP contribution in [0, 0.1) is 11.3 Å². The molecule has 0 radical (unpaired) electrons. The Bertz CT molecular complexity index is 514. The van der Waals surface area contributed by atoms with Gasteiger partial charge in [-0.1, -0.05) is 6.07 Å². The van der Waals surface area contributed by atoms with E-state index in [0.717, 1.165) is 0 Å². The lowest BCUT2D eigenvalue weighted by Gasteiger charge is -2.04. The van der Waals surface area contributed by atoms with Gasteiger partial charge in [-0.3, -0.25) is 0 Å². The molecule has 1 aromatic carbocycles. The van der Waals surface area contributed by atoms with Crippen molar-refractivity contribution >= 4 is 12.0 Å². The van der Waals surface area contributed by atoms with Crippen LogP contribution >= 0.6 is 0 Å². The molecule has 0 aliphatic carbocycles. The highest BCUT2D eigenvalue weighted by atomic mass is 16.5. The number of nitriles is 1. The van der Waals surface area contributed by atoms with Crippen LogP contribution in [0.2, 0.25) is 0 Å². The monoisotopic (exact) mass is 247 g/mol. The lowest BCUT2D eigenvalue weighted by molar-refractivity contribution is -0.137. The molecule has 0 aromatic heterocycles. The summed E-state index contributed by atoms with van der Waals surface area (Å²) in [4.78, 5) is 11.4. The summed E-state index contributed by atoms with van der Waals surface area (Å²) in [5.41, 5.74) is 0.457. The topological polar surface area (TPSA) is 79.6 Å². The van der Waals surface area contributed by atoms with Crippen LogP contribution in [0.5, 0.6) is 11.5 Å². The maximum Gasteiger partial charge on any atom is 0.348 e. The van der Waals surface area contributed by atoms with E-state index in [1.165, 1.54) is 25.3 Å². The summed E-state index contributed by atoms with van der Waals surface area (Å²) in [6.07, 6.45) is 1.37. The predicted octanol–water partition coefficient (Wildman–Crippen LogP) is 1.87. The average molecular weight is 247 g/mol. The number of hydrogen-bond donors (Lipinski definition) is 1. The highest BCUT2D eigenvalue weighted by Gasteiger charge is 2.10. The van der Waals surface area contributed by atoms with Crippen molar-refractivity contribution in [1.29, 1.82) is 5.26 Å². The minimum absolute atomic E-state index is 0.00991. The largest absolute Gasteiger partial charge is 0.504 e. The molecule has 5 heteroatoms. The molecule has 1 rings (SSSR count). The number of carbonyl (C=O) groups excluding carboxylic acids is 1. The molecule has 0 unspecified atom stereocenters. The van der Waals surface area contributed by atoms with Crippen LogP contribution in [-0.2, 0) is 9.53 Å². The Morgan fingerprint density at radius 2 is 2.28 bits per heavy atom. The fourth-order valence-corrected chi connectivity index (χ4v) is 1.30. The first-order chi connectivity index (χ1) is 8.62. The first-order valence-corrected chi connectivity index (χ1v) is 5.28.